The molecule has 1 aromatic carbocycles. The molecule has 0 aliphatic rings. The second kappa shape index (κ2) is 5.86. The van der Waals surface area contributed by atoms with Crippen LogP contribution in [0.5, 0.6) is 5.75 Å². The van der Waals surface area contributed by atoms with Gasteiger partial charge in [-0.25, -0.2) is 4.39 Å². The van der Waals surface area contributed by atoms with Crippen molar-refractivity contribution in [2.24, 2.45) is 5.92 Å². The Bertz CT molecular complexity index is 620. The summed E-state index contributed by atoms with van der Waals surface area (Å²) in [6, 6.07) is 4.55. The fourth-order valence-corrected chi connectivity index (χ4v) is 2.03. The number of hydrogen-bond donors (Lipinski definition) is 0. The van der Waals surface area contributed by atoms with Gasteiger partial charge in [-0.3, -0.25) is 9.48 Å². The highest BCUT2D eigenvalue weighted by Crippen LogP contribution is 2.26. The minimum Gasteiger partial charge on any atom is -0.494 e. The van der Waals surface area contributed by atoms with Gasteiger partial charge in [0.05, 0.1) is 12.7 Å². The first-order valence-corrected chi connectivity index (χ1v) is 6.41. The van der Waals surface area contributed by atoms with Crippen molar-refractivity contribution >= 4 is 6.29 Å². The van der Waals surface area contributed by atoms with Crippen molar-refractivity contribution in [3.63, 3.8) is 0 Å². The summed E-state index contributed by atoms with van der Waals surface area (Å²) < 4.78 is 20.3. The molecule has 1 aromatic heterocycles. The number of ether oxygens (including phenoxy) is 1. The Labute approximate surface area is 117 Å². The molecule has 0 N–H and O–H groups in total. The molecule has 5 heteroatoms. The number of rotatable bonds is 5. The minimum absolute atomic E-state index is 0.169. The van der Waals surface area contributed by atoms with Crippen molar-refractivity contribution in [3.8, 4) is 17.0 Å². The highest BCUT2D eigenvalue weighted by Gasteiger charge is 2.13. The van der Waals surface area contributed by atoms with Crippen LogP contribution in [-0.2, 0) is 6.54 Å². The minimum atomic E-state index is -0.472. The van der Waals surface area contributed by atoms with Crippen LogP contribution in [-0.4, -0.2) is 23.2 Å². The van der Waals surface area contributed by atoms with Crippen LogP contribution in [0.3, 0.4) is 0 Å². The SMILES string of the molecule is COc1ccc(-c2nn(CC(C)C)cc2C=O)cc1F. The number of methoxy groups -OCH3 is 1. The molecule has 0 aliphatic heterocycles. The van der Waals surface area contributed by atoms with Gasteiger partial charge in [-0.1, -0.05) is 13.8 Å². The number of carbonyl (C=O) groups is 1. The topological polar surface area (TPSA) is 44.1 Å². The van der Waals surface area contributed by atoms with Gasteiger partial charge < -0.3 is 4.74 Å². The smallest absolute Gasteiger partial charge is 0.165 e. The van der Waals surface area contributed by atoms with Gasteiger partial charge >= 0.3 is 0 Å². The van der Waals surface area contributed by atoms with Gasteiger partial charge in [-0.05, 0) is 24.1 Å². The van der Waals surface area contributed by atoms with Crippen molar-refractivity contribution in [2.45, 2.75) is 20.4 Å². The van der Waals surface area contributed by atoms with Crippen LogP contribution in [0.1, 0.15) is 24.2 Å². The molecule has 2 aromatic rings. The van der Waals surface area contributed by atoms with Crippen LogP contribution in [0.25, 0.3) is 11.3 Å². The summed E-state index contributed by atoms with van der Waals surface area (Å²) in [5.41, 5.74) is 1.50. The number of halogens is 1. The second-order valence-corrected chi connectivity index (χ2v) is 5.02. The number of benzene rings is 1. The number of aromatic nitrogens is 2. The molecule has 2 rings (SSSR count). The molecule has 0 saturated carbocycles. The van der Waals surface area contributed by atoms with E-state index in [0.29, 0.717) is 29.3 Å². The molecule has 0 atom stereocenters. The second-order valence-electron chi connectivity index (χ2n) is 5.02. The normalized spacial score (nSPS) is 10.8. The quantitative estimate of drug-likeness (QED) is 0.788. The lowest BCUT2D eigenvalue weighted by molar-refractivity contribution is 0.112. The molecule has 0 bridgehead atoms. The summed E-state index contributed by atoms with van der Waals surface area (Å²) >= 11 is 0. The van der Waals surface area contributed by atoms with Crippen LogP contribution in [0, 0.1) is 11.7 Å². The zero-order chi connectivity index (χ0) is 14.7. The van der Waals surface area contributed by atoms with E-state index in [4.69, 9.17) is 4.74 Å². The van der Waals surface area contributed by atoms with Gasteiger partial charge in [0.1, 0.15) is 5.69 Å². The summed E-state index contributed by atoms with van der Waals surface area (Å²) in [4.78, 5) is 11.1. The highest BCUT2D eigenvalue weighted by molar-refractivity contribution is 5.85. The average molecular weight is 276 g/mol. The van der Waals surface area contributed by atoms with E-state index in [1.807, 2.05) is 0 Å². The summed E-state index contributed by atoms with van der Waals surface area (Å²) in [6.45, 7) is 4.84. The monoisotopic (exact) mass is 276 g/mol. The largest absolute Gasteiger partial charge is 0.494 e. The molecule has 0 aliphatic carbocycles. The lowest BCUT2D eigenvalue weighted by atomic mass is 10.1. The summed E-state index contributed by atoms with van der Waals surface area (Å²) in [5.74, 6) is 0.109. The Morgan fingerprint density at radius 2 is 2.20 bits per heavy atom. The van der Waals surface area contributed by atoms with E-state index >= 15 is 0 Å². The molecule has 0 radical (unpaired) electrons. The van der Waals surface area contributed by atoms with Gasteiger partial charge in [-0.2, -0.15) is 5.10 Å². The van der Waals surface area contributed by atoms with Crippen LogP contribution in [0.15, 0.2) is 24.4 Å². The number of carbonyl (C=O) groups excluding carboxylic acids is 1. The van der Waals surface area contributed by atoms with E-state index in [-0.39, 0.29) is 5.75 Å². The van der Waals surface area contributed by atoms with Crippen LogP contribution < -0.4 is 4.74 Å². The van der Waals surface area contributed by atoms with Crippen molar-refractivity contribution in [1.82, 2.24) is 9.78 Å². The Morgan fingerprint density at radius 3 is 2.75 bits per heavy atom. The maximum atomic E-state index is 13.7. The molecular weight excluding hydrogens is 259 g/mol. The van der Waals surface area contributed by atoms with Gasteiger partial charge in [0, 0.05) is 18.3 Å². The molecule has 1 heterocycles. The Kier molecular flexibility index (Phi) is 4.17. The molecule has 0 spiro atoms. The third-order valence-corrected chi connectivity index (χ3v) is 2.89. The summed E-state index contributed by atoms with van der Waals surface area (Å²) in [5, 5.41) is 4.37. The Morgan fingerprint density at radius 1 is 1.45 bits per heavy atom. The first-order valence-electron chi connectivity index (χ1n) is 6.41. The van der Waals surface area contributed by atoms with Gasteiger partial charge in [-0.15, -0.1) is 0 Å². The zero-order valence-electron chi connectivity index (χ0n) is 11.8. The van der Waals surface area contributed by atoms with E-state index in [1.165, 1.54) is 19.2 Å². The van der Waals surface area contributed by atoms with E-state index in [2.05, 4.69) is 18.9 Å². The fourth-order valence-electron chi connectivity index (χ4n) is 2.03. The van der Waals surface area contributed by atoms with Crippen molar-refractivity contribution in [2.75, 3.05) is 7.11 Å². The fraction of sp³-hybridized carbons (Fsp3) is 0.333. The summed E-state index contributed by atoms with van der Waals surface area (Å²) in [6.07, 6.45) is 2.42. The predicted octanol–water partition coefficient (Wildman–Crippen LogP) is 3.17. The zero-order valence-corrected chi connectivity index (χ0v) is 11.8. The van der Waals surface area contributed by atoms with E-state index in [1.54, 1.807) is 16.9 Å². The third-order valence-electron chi connectivity index (χ3n) is 2.89. The Hall–Kier alpha value is -2.17. The number of hydrogen-bond acceptors (Lipinski definition) is 3. The van der Waals surface area contributed by atoms with Gasteiger partial charge in [0.25, 0.3) is 0 Å². The standard InChI is InChI=1S/C15H17FN2O2/c1-10(2)7-18-8-12(9-19)15(17-18)11-4-5-14(20-3)13(16)6-11/h4-6,8-10H,7H2,1-3H3. The van der Waals surface area contributed by atoms with E-state index < -0.39 is 5.82 Å². The lowest BCUT2D eigenvalue weighted by Crippen LogP contribution is -2.04. The maximum Gasteiger partial charge on any atom is 0.165 e. The van der Waals surface area contributed by atoms with Crippen molar-refractivity contribution < 1.29 is 13.9 Å². The molecule has 0 amide bonds. The predicted molar refractivity (Wildman–Crippen MR) is 74.4 cm³/mol. The van der Waals surface area contributed by atoms with Crippen molar-refractivity contribution in [1.29, 1.82) is 0 Å². The molecule has 106 valence electrons. The number of aldehydes is 1. The molecular formula is C15H17FN2O2. The van der Waals surface area contributed by atoms with E-state index in [0.717, 1.165) is 6.29 Å². The van der Waals surface area contributed by atoms with Crippen LogP contribution in [0.4, 0.5) is 4.39 Å². The molecule has 4 nitrogen and oxygen atoms in total. The van der Waals surface area contributed by atoms with Gasteiger partial charge in [0.2, 0.25) is 0 Å². The Balaban J connectivity index is 2.43. The molecule has 0 unspecified atom stereocenters. The molecule has 0 saturated heterocycles. The van der Waals surface area contributed by atoms with E-state index in [9.17, 15) is 9.18 Å². The van der Waals surface area contributed by atoms with Crippen molar-refractivity contribution in [3.05, 3.63) is 35.8 Å². The van der Waals surface area contributed by atoms with Crippen LogP contribution >= 0.6 is 0 Å². The van der Waals surface area contributed by atoms with Crippen LogP contribution in [0.2, 0.25) is 0 Å². The first kappa shape index (κ1) is 14.2. The highest BCUT2D eigenvalue weighted by atomic mass is 19.1. The first-order chi connectivity index (χ1) is 9.55. The van der Waals surface area contributed by atoms with Gasteiger partial charge in [0.15, 0.2) is 17.9 Å². The lowest BCUT2D eigenvalue weighted by Gasteiger charge is -2.05. The summed E-state index contributed by atoms with van der Waals surface area (Å²) in [7, 11) is 1.41. The third kappa shape index (κ3) is 2.87. The molecule has 0 fully saturated rings. The average Bonchev–Trinajstić information content (AvgIpc) is 2.80. The number of nitrogens with zero attached hydrogens (tertiary/aromatic N) is 2. The maximum absolute atomic E-state index is 13.7. The molecule has 20 heavy (non-hydrogen) atoms.